The minimum absolute atomic E-state index is 0.222. The van der Waals surface area contributed by atoms with Crippen LogP contribution in [0.4, 0.5) is 0 Å². The molecule has 0 aromatic rings. The zero-order chi connectivity index (χ0) is 10.6. The van der Waals surface area contributed by atoms with E-state index < -0.39 is 0 Å². The normalized spacial score (nSPS) is 27.9. The van der Waals surface area contributed by atoms with Gasteiger partial charge >= 0.3 is 0 Å². The van der Waals surface area contributed by atoms with Crippen molar-refractivity contribution < 1.29 is 4.74 Å². The van der Waals surface area contributed by atoms with Gasteiger partial charge in [-0.3, -0.25) is 0 Å². The number of hydrogen-bond donors (Lipinski definition) is 1. The molecule has 1 fully saturated rings. The highest BCUT2D eigenvalue weighted by atomic mass is 16.5. The molecule has 0 saturated carbocycles. The van der Waals surface area contributed by atoms with E-state index in [9.17, 15) is 0 Å². The molecule has 1 saturated heterocycles. The summed E-state index contributed by atoms with van der Waals surface area (Å²) in [6.45, 7) is 11.3. The third kappa shape index (κ3) is 2.69. The molecule has 3 nitrogen and oxygen atoms in total. The van der Waals surface area contributed by atoms with Gasteiger partial charge in [0.1, 0.15) is 0 Å². The lowest BCUT2D eigenvalue weighted by molar-refractivity contribution is 0.102. The van der Waals surface area contributed by atoms with Crippen LogP contribution in [0.3, 0.4) is 0 Å². The van der Waals surface area contributed by atoms with Gasteiger partial charge in [-0.25, -0.2) is 0 Å². The number of nitrogens with zero attached hydrogens (tertiary/aromatic N) is 1. The second-order valence-corrected chi connectivity index (χ2v) is 4.66. The lowest BCUT2D eigenvalue weighted by Gasteiger charge is -2.35. The second-order valence-electron chi connectivity index (χ2n) is 4.66. The van der Waals surface area contributed by atoms with Crippen molar-refractivity contribution in [3.05, 3.63) is 0 Å². The average Bonchev–Trinajstić information content (AvgIpc) is 2.63. The van der Waals surface area contributed by atoms with Crippen molar-refractivity contribution in [1.82, 2.24) is 4.90 Å². The third-order valence-electron chi connectivity index (χ3n) is 3.29. The van der Waals surface area contributed by atoms with Crippen LogP contribution in [0.5, 0.6) is 0 Å². The summed E-state index contributed by atoms with van der Waals surface area (Å²) in [7, 11) is 0. The highest BCUT2D eigenvalue weighted by Crippen LogP contribution is 2.28. The highest BCUT2D eigenvalue weighted by molar-refractivity contribution is 4.87. The molecule has 1 aliphatic rings. The Morgan fingerprint density at radius 2 is 2.21 bits per heavy atom. The van der Waals surface area contributed by atoms with Crippen LogP contribution in [-0.4, -0.2) is 43.8 Å². The van der Waals surface area contributed by atoms with Gasteiger partial charge in [0.05, 0.1) is 6.61 Å². The maximum absolute atomic E-state index is 5.87. The molecule has 14 heavy (non-hydrogen) atoms. The number of nitrogens with two attached hydrogens (primary N) is 1. The van der Waals surface area contributed by atoms with E-state index in [0.29, 0.717) is 6.04 Å². The van der Waals surface area contributed by atoms with Gasteiger partial charge in [-0.15, -0.1) is 0 Å². The summed E-state index contributed by atoms with van der Waals surface area (Å²) in [6, 6.07) is 0.601. The summed E-state index contributed by atoms with van der Waals surface area (Å²) in [4.78, 5) is 2.47. The fourth-order valence-electron chi connectivity index (χ4n) is 2.09. The van der Waals surface area contributed by atoms with Crippen LogP contribution in [0.2, 0.25) is 0 Å². The van der Waals surface area contributed by atoms with Crippen LogP contribution in [0.25, 0.3) is 0 Å². The summed E-state index contributed by atoms with van der Waals surface area (Å²) in [5.74, 6) is 0. The first-order valence-electron chi connectivity index (χ1n) is 5.65. The first-order chi connectivity index (χ1) is 6.63. The monoisotopic (exact) mass is 200 g/mol. The minimum atomic E-state index is 0.222. The molecular formula is C11H24N2O. The number of rotatable bonds is 5. The van der Waals surface area contributed by atoms with Crippen molar-refractivity contribution in [2.24, 2.45) is 11.1 Å². The predicted molar refractivity (Wildman–Crippen MR) is 59.3 cm³/mol. The Morgan fingerprint density at radius 3 is 2.57 bits per heavy atom. The molecule has 0 bridgehead atoms. The SMILES string of the molecule is CCN(CC1(CN)CCOC1)C(C)C. The maximum Gasteiger partial charge on any atom is 0.0547 e. The molecular weight excluding hydrogens is 176 g/mol. The smallest absolute Gasteiger partial charge is 0.0547 e. The molecule has 1 aliphatic heterocycles. The van der Waals surface area contributed by atoms with Crippen LogP contribution in [0, 0.1) is 5.41 Å². The number of ether oxygens (including phenoxy) is 1. The summed E-state index contributed by atoms with van der Waals surface area (Å²) < 4.78 is 5.47. The third-order valence-corrected chi connectivity index (χ3v) is 3.29. The second kappa shape index (κ2) is 5.10. The van der Waals surface area contributed by atoms with Gasteiger partial charge in [-0.05, 0) is 26.8 Å². The van der Waals surface area contributed by atoms with E-state index in [-0.39, 0.29) is 5.41 Å². The van der Waals surface area contributed by atoms with Gasteiger partial charge in [0, 0.05) is 31.2 Å². The lowest BCUT2D eigenvalue weighted by atomic mass is 9.86. The summed E-state index contributed by atoms with van der Waals surface area (Å²) >= 11 is 0. The van der Waals surface area contributed by atoms with Gasteiger partial charge < -0.3 is 15.4 Å². The predicted octanol–water partition coefficient (Wildman–Crippen LogP) is 1.08. The van der Waals surface area contributed by atoms with Gasteiger partial charge in [0.2, 0.25) is 0 Å². The minimum Gasteiger partial charge on any atom is -0.381 e. The van der Waals surface area contributed by atoms with E-state index in [4.69, 9.17) is 10.5 Å². The van der Waals surface area contributed by atoms with Crippen molar-refractivity contribution in [3.63, 3.8) is 0 Å². The Labute approximate surface area is 87.6 Å². The van der Waals surface area contributed by atoms with Crippen LogP contribution in [-0.2, 0) is 4.74 Å². The molecule has 0 aliphatic carbocycles. The molecule has 1 atom stereocenters. The van der Waals surface area contributed by atoms with E-state index >= 15 is 0 Å². The molecule has 1 heterocycles. The zero-order valence-corrected chi connectivity index (χ0v) is 9.75. The fourth-order valence-corrected chi connectivity index (χ4v) is 2.09. The van der Waals surface area contributed by atoms with Crippen molar-refractivity contribution in [2.75, 3.05) is 32.8 Å². The quantitative estimate of drug-likeness (QED) is 0.722. The molecule has 0 amide bonds. The van der Waals surface area contributed by atoms with E-state index in [1.54, 1.807) is 0 Å². The topological polar surface area (TPSA) is 38.5 Å². The van der Waals surface area contributed by atoms with E-state index in [2.05, 4.69) is 25.7 Å². The van der Waals surface area contributed by atoms with Crippen molar-refractivity contribution in [3.8, 4) is 0 Å². The lowest BCUT2D eigenvalue weighted by Crippen LogP contribution is -2.45. The van der Waals surface area contributed by atoms with Gasteiger partial charge in [0.25, 0.3) is 0 Å². The molecule has 2 N–H and O–H groups in total. The zero-order valence-electron chi connectivity index (χ0n) is 9.75. The summed E-state index contributed by atoms with van der Waals surface area (Å²) in [6.07, 6.45) is 1.12. The van der Waals surface area contributed by atoms with Crippen molar-refractivity contribution in [1.29, 1.82) is 0 Å². The highest BCUT2D eigenvalue weighted by Gasteiger charge is 2.35. The Balaban J connectivity index is 2.53. The van der Waals surface area contributed by atoms with Crippen LogP contribution >= 0.6 is 0 Å². The Hall–Kier alpha value is -0.120. The first kappa shape index (κ1) is 12.0. The first-order valence-corrected chi connectivity index (χ1v) is 5.65. The molecule has 84 valence electrons. The number of hydrogen-bond acceptors (Lipinski definition) is 3. The van der Waals surface area contributed by atoms with E-state index in [0.717, 1.165) is 39.3 Å². The molecule has 0 aromatic carbocycles. The van der Waals surface area contributed by atoms with Crippen molar-refractivity contribution in [2.45, 2.75) is 33.2 Å². The van der Waals surface area contributed by atoms with Gasteiger partial charge in [-0.1, -0.05) is 6.92 Å². The molecule has 3 heteroatoms. The summed E-state index contributed by atoms with van der Waals surface area (Å²) in [5.41, 5.74) is 6.09. The van der Waals surface area contributed by atoms with Gasteiger partial charge in [-0.2, -0.15) is 0 Å². The van der Waals surface area contributed by atoms with Crippen LogP contribution in [0.1, 0.15) is 27.2 Å². The van der Waals surface area contributed by atoms with E-state index in [1.165, 1.54) is 0 Å². The van der Waals surface area contributed by atoms with Crippen molar-refractivity contribution >= 4 is 0 Å². The molecule has 1 unspecified atom stereocenters. The Bertz CT molecular complexity index is 165. The van der Waals surface area contributed by atoms with E-state index in [1.807, 2.05) is 0 Å². The summed E-state index contributed by atoms with van der Waals surface area (Å²) in [5, 5.41) is 0. The molecule has 0 radical (unpaired) electrons. The van der Waals surface area contributed by atoms with Crippen LogP contribution < -0.4 is 5.73 Å². The maximum atomic E-state index is 5.87. The molecule has 0 aromatic heterocycles. The Kier molecular flexibility index (Phi) is 4.35. The standard InChI is InChI=1S/C11H24N2O/c1-4-13(10(2)3)8-11(7-12)5-6-14-9-11/h10H,4-9,12H2,1-3H3. The fraction of sp³-hybridized carbons (Fsp3) is 1.00. The van der Waals surface area contributed by atoms with Gasteiger partial charge in [0.15, 0.2) is 0 Å². The Morgan fingerprint density at radius 1 is 1.50 bits per heavy atom. The molecule has 0 spiro atoms. The van der Waals surface area contributed by atoms with Crippen LogP contribution in [0.15, 0.2) is 0 Å². The largest absolute Gasteiger partial charge is 0.381 e. The average molecular weight is 200 g/mol. The molecule has 1 rings (SSSR count).